The van der Waals surface area contributed by atoms with Gasteiger partial charge in [-0.3, -0.25) is 9.59 Å². The largest absolute Gasteiger partial charge is 0.348 e. The molecule has 0 spiro atoms. The van der Waals surface area contributed by atoms with Gasteiger partial charge in [-0.2, -0.15) is 0 Å². The molecule has 0 unspecified atom stereocenters. The number of carbonyl (C=O) groups excluding carboxylic acids is 2. The van der Waals surface area contributed by atoms with Gasteiger partial charge in [-0.15, -0.1) is 0 Å². The topological polar surface area (TPSA) is 58.2 Å². The molecule has 0 aromatic rings. The van der Waals surface area contributed by atoms with Gasteiger partial charge >= 0.3 is 11.8 Å². The van der Waals surface area contributed by atoms with E-state index in [0.717, 1.165) is 12.8 Å². The summed E-state index contributed by atoms with van der Waals surface area (Å²) in [5.74, 6) is -0.567. The molecule has 0 saturated carbocycles. The van der Waals surface area contributed by atoms with E-state index in [1.807, 2.05) is 0 Å². The molecule has 0 aliphatic rings. The van der Waals surface area contributed by atoms with Crippen LogP contribution in [-0.4, -0.2) is 24.9 Å². The Morgan fingerprint density at radius 1 is 1.06 bits per heavy atom. The fourth-order valence-electron chi connectivity index (χ4n) is 1.50. The summed E-state index contributed by atoms with van der Waals surface area (Å²) in [6, 6.07) is 0. The summed E-state index contributed by atoms with van der Waals surface area (Å²) in [7, 11) is 0. The third-order valence-electron chi connectivity index (χ3n) is 2.64. The molecule has 4 heteroatoms. The number of amides is 2. The lowest BCUT2D eigenvalue weighted by atomic mass is 9.99. The maximum atomic E-state index is 11.3. The van der Waals surface area contributed by atoms with Gasteiger partial charge in [0.15, 0.2) is 0 Å². The average Bonchev–Trinajstić information content (AvgIpc) is 2.29. The minimum atomic E-state index is -0.534. The van der Waals surface area contributed by atoms with Gasteiger partial charge in [-0.05, 0) is 19.3 Å². The number of carbonyl (C=O) groups is 2. The molecule has 1 atom stereocenters. The van der Waals surface area contributed by atoms with E-state index in [1.54, 1.807) is 6.92 Å². The van der Waals surface area contributed by atoms with Crippen molar-refractivity contribution >= 4 is 11.8 Å². The van der Waals surface area contributed by atoms with Crippen LogP contribution >= 0.6 is 0 Å². The Bertz CT molecular complexity index is 217. The summed E-state index contributed by atoms with van der Waals surface area (Å²) >= 11 is 0. The Labute approximate surface area is 98.2 Å². The molecule has 0 aromatic heterocycles. The van der Waals surface area contributed by atoms with E-state index in [2.05, 4.69) is 24.5 Å². The first-order valence-corrected chi connectivity index (χ1v) is 6.21. The van der Waals surface area contributed by atoms with Gasteiger partial charge < -0.3 is 10.6 Å². The van der Waals surface area contributed by atoms with E-state index < -0.39 is 11.8 Å². The smallest absolute Gasteiger partial charge is 0.309 e. The molecule has 0 aliphatic carbocycles. The maximum absolute atomic E-state index is 11.3. The van der Waals surface area contributed by atoms with Crippen LogP contribution in [0.15, 0.2) is 0 Å². The molecule has 94 valence electrons. The Balaban J connectivity index is 3.82. The molecule has 0 heterocycles. The summed E-state index contributed by atoms with van der Waals surface area (Å²) in [5.41, 5.74) is 0. The summed E-state index contributed by atoms with van der Waals surface area (Å²) in [6.45, 7) is 7.14. The fourth-order valence-corrected chi connectivity index (χ4v) is 1.50. The molecule has 0 radical (unpaired) electrons. The molecule has 4 nitrogen and oxygen atoms in total. The van der Waals surface area contributed by atoms with Gasteiger partial charge in [0.1, 0.15) is 0 Å². The van der Waals surface area contributed by atoms with Gasteiger partial charge in [0, 0.05) is 13.1 Å². The van der Waals surface area contributed by atoms with Crippen LogP contribution in [0.4, 0.5) is 0 Å². The SMILES string of the molecule is CCCC[C@@H](CC)CNC(=O)C(=O)NCC. The first kappa shape index (κ1) is 14.9. The third kappa shape index (κ3) is 6.43. The highest BCUT2D eigenvalue weighted by atomic mass is 16.2. The van der Waals surface area contributed by atoms with Crippen LogP contribution in [0.5, 0.6) is 0 Å². The highest BCUT2D eigenvalue weighted by molar-refractivity contribution is 6.35. The Morgan fingerprint density at radius 3 is 2.19 bits per heavy atom. The number of hydrogen-bond donors (Lipinski definition) is 2. The van der Waals surface area contributed by atoms with Crippen molar-refractivity contribution in [2.45, 2.75) is 46.5 Å². The molecular formula is C12H24N2O2. The first-order chi connectivity index (χ1) is 7.65. The van der Waals surface area contributed by atoms with Crippen LogP contribution in [0.1, 0.15) is 46.5 Å². The molecule has 0 rings (SSSR count). The number of nitrogens with one attached hydrogen (secondary N) is 2. The summed E-state index contributed by atoms with van der Waals surface area (Å²) < 4.78 is 0. The van der Waals surface area contributed by atoms with Crippen molar-refractivity contribution in [1.82, 2.24) is 10.6 Å². The monoisotopic (exact) mass is 228 g/mol. The van der Waals surface area contributed by atoms with Crippen molar-refractivity contribution in [1.29, 1.82) is 0 Å². The van der Waals surface area contributed by atoms with Crippen LogP contribution in [0.25, 0.3) is 0 Å². The molecule has 0 aromatic carbocycles. The molecule has 0 fully saturated rings. The quantitative estimate of drug-likeness (QED) is 0.648. The minimum Gasteiger partial charge on any atom is -0.348 e. The number of unbranched alkanes of at least 4 members (excludes halogenated alkanes) is 1. The van der Waals surface area contributed by atoms with Crippen LogP contribution in [0, 0.1) is 5.92 Å². The summed E-state index contributed by atoms with van der Waals surface area (Å²) in [5, 5.41) is 5.16. The van der Waals surface area contributed by atoms with Crippen LogP contribution < -0.4 is 10.6 Å². The van der Waals surface area contributed by atoms with Crippen molar-refractivity contribution in [2.24, 2.45) is 5.92 Å². The van der Waals surface area contributed by atoms with Gasteiger partial charge in [-0.25, -0.2) is 0 Å². The fraction of sp³-hybridized carbons (Fsp3) is 0.833. The van der Waals surface area contributed by atoms with E-state index in [-0.39, 0.29) is 0 Å². The van der Waals surface area contributed by atoms with Crippen LogP contribution in [0.2, 0.25) is 0 Å². The second-order valence-corrected chi connectivity index (χ2v) is 3.99. The lowest BCUT2D eigenvalue weighted by molar-refractivity contribution is -0.139. The first-order valence-electron chi connectivity index (χ1n) is 6.21. The Kier molecular flexibility index (Phi) is 8.58. The molecule has 2 N–H and O–H groups in total. The zero-order valence-electron chi connectivity index (χ0n) is 10.6. The van der Waals surface area contributed by atoms with Crippen molar-refractivity contribution < 1.29 is 9.59 Å². The molecule has 16 heavy (non-hydrogen) atoms. The predicted octanol–water partition coefficient (Wildman–Crippen LogP) is 1.46. The van der Waals surface area contributed by atoms with E-state index in [9.17, 15) is 9.59 Å². The van der Waals surface area contributed by atoms with E-state index >= 15 is 0 Å². The maximum Gasteiger partial charge on any atom is 0.309 e. The Morgan fingerprint density at radius 2 is 1.69 bits per heavy atom. The van der Waals surface area contributed by atoms with Crippen LogP contribution in [0.3, 0.4) is 0 Å². The van der Waals surface area contributed by atoms with Crippen molar-refractivity contribution in [2.75, 3.05) is 13.1 Å². The zero-order chi connectivity index (χ0) is 12.4. The van der Waals surface area contributed by atoms with Gasteiger partial charge in [0.25, 0.3) is 0 Å². The third-order valence-corrected chi connectivity index (χ3v) is 2.64. The van der Waals surface area contributed by atoms with Gasteiger partial charge in [0.2, 0.25) is 0 Å². The van der Waals surface area contributed by atoms with Crippen LogP contribution in [-0.2, 0) is 9.59 Å². The van der Waals surface area contributed by atoms with Crippen molar-refractivity contribution in [3.63, 3.8) is 0 Å². The van der Waals surface area contributed by atoms with Crippen molar-refractivity contribution in [3.05, 3.63) is 0 Å². The lowest BCUT2D eigenvalue weighted by Crippen LogP contribution is -2.41. The standard InChI is InChI=1S/C12H24N2O2/c1-4-7-8-10(5-2)9-14-12(16)11(15)13-6-3/h10H,4-9H2,1-3H3,(H,13,15)(H,14,16)/t10-/m1/s1. The second kappa shape index (κ2) is 9.19. The molecular weight excluding hydrogens is 204 g/mol. The normalized spacial score (nSPS) is 11.9. The molecule has 0 bridgehead atoms. The predicted molar refractivity (Wildman–Crippen MR) is 65.0 cm³/mol. The second-order valence-electron chi connectivity index (χ2n) is 3.99. The Hall–Kier alpha value is -1.06. The minimum absolute atomic E-state index is 0.485. The van der Waals surface area contributed by atoms with Gasteiger partial charge in [0.05, 0.1) is 0 Å². The van der Waals surface area contributed by atoms with E-state index in [1.165, 1.54) is 12.8 Å². The summed E-state index contributed by atoms with van der Waals surface area (Å²) in [6.07, 6.45) is 4.49. The average molecular weight is 228 g/mol. The lowest BCUT2D eigenvalue weighted by Gasteiger charge is -2.14. The van der Waals surface area contributed by atoms with E-state index in [0.29, 0.717) is 19.0 Å². The number of rotatable bonds is 7. The summed E-state index contributed by atoms with van der Waals surface area (Å²) in [4.78, 5) is 22.4. The highest BCUT2D eigenvalue weighted by Gasteiger charge is 2.13. The number of hydrogen-bond acceptors (Lipinski definition) is 2. The molecule has 0 aliphatic heterocycles. The molecule has 0 saturated heterocycles. The van der Waals surface area contributed by atoms with Crippen molar-refractivity contribution in [3.8, 4) is 0 Å². The highest BCUT2D eigenvalue weighted by Crippen LogP contribution is 2.10. The van der Waals surface area contributed by atoms with E-state index in [4.69, 9.17) is 0 Å². The zero-order valence-corrected chi connectivity index (χ0v) is 10.6. The molecule has 2 amide bonds. The van der Waals surface area contributed by atoms with Gasteiger partial charge in [-0.1, -0.05) is 33.1 Å². The number of likely N-dealkylation sites (N-methyl/N-ethyl adjacent to an activating group) is 1.